The fraction of sp³-hybridized carbons (Fsp3) is 0.588. The lowest BCUT2D eigenvalue weighted by molar-refractivity contribution is 0.0571. The van der Waals surface area contributed by atoms with Crippen molar-refractivity contribution in [1.82, 2.24) is 10.6 Å². The topological polar surface area (TPSA) is 53.6 Å². The third kappa shape index (κ3) is 5.22. The molecule has 0 aromatic heterocycles. The molecule has 0 spiro atoms. The van der Waals surface area contributed by atoms with Gasteiger partial charge in [0.05, 0.1) is 0 Å². The lowest BCUT2D eigenvalue weighted by Gasteiger charge is -2.28. The Kier molecular flexibility index (Phi) is 6.52. The second-order valence-electron chi connectivity index (χ2n) is 5.90. The van der Waals surface area contributed by atoms with Gasteiger partial charge in [-0.2, -0.15) is 0 Å². The van der Waals surface area contributed by atoms with E-state index in [1.165, 1.54) is 0 Å². The smallest absolute Gasteiger partial charge is 0.315 e. The third-order valence-corrected chi connectivity index (χ3v) is 4.26. The number of benzene rings is 1. The van der Waals surface area contributed by atoms with Crippen molar-refractivity contribution < 1.29 is 9.53 Å². The molecule has 1 heterocycles. The minimum absolute atomic E-state index is 0.0829. The summed E-state index contributed by atoms with van der Waals surface area (Å²) in [7, 11) is 2.03. The van der Waals surface area contributed by atoms with Crippen molar-refractivity contribution in [1.29, 1.82) is 0 Å². The molecule has 5 heteroatoms. The number of hydrogen-bond acceptors (Lipinski definition) is 3. The molecule has 1 aromatic rings. The number of rotatable bonds is 6. The number of urea groups is 1. The summed E-state index contributed by atoms with van der Waals surface area (Å²) in [5, 5.41) is 5.97. The van der Waals surface area contributed by atoms with E-state index >= 15 is 0 Å². The van der Waals surface area contributed by atoms with E-state index in [0.717, 1.165) is 38.3 Å². The van der Waals surface area contributed by atoms with Gasteiger partial charge in [-0.25, -0.2) is 4.79 Å². The number of para-hydroxylation sites is 1. The molecular formula is C17H27N3O2. The highest BCUT2D eigenvalue weighted by molar-refractivity contribution is 5.74. The molecule has 22 heavy (non-hydrogen) atoms. The number of anilines is 1. The zero-order valence-electron chi connectivity index (χ0n) is 13.5. The number of carbonyl (C=O) groups excluding carboxylic acids is 1. The first-order chi connectivity index (χ1) is 10.7. The molecule has 1 saturated heterocycles. The molecule has 0 radical (unpaired) electrons. The SMILES string of the molecule is C[C@@H](NC(=O)NCCN(C)c1ccccc1)C1CCOCC1. The highest BCUT2D eigenvalue weighted by Crippen LogP contribution is 2.18. The maximum absolute atomic E-state index is 11.9. The molecule has 1 fully saturated rings. The second kappa shape index (κ2) is 8.63. The lowest BCUT2D eigenvalue weighted by atomic mass is 9.93. The van der Waals surface area contributed by atoms with E-state index in [-0.39, 0.29) is 12.1 Å². The summed E-state index contributed by atoms with van der Waals surface area (Å²) in [6, 6.07) is 10.3. The Hall–Kier alpha value is -1.75. The van der Waals surface area contributed by atoms with E-state index in [4.69, 9.17) is 4.74 Å². The van der Waals surface area contributed by atoms with Crippen LogP contribution in [0.4, 0.5) is 10.5 Å². The van der Waals surface area contributed by atoms with E-state index in [0.29, 0.717) is 12.5 Å². The highest BCUT2D eigenvalue weighted by atomic mass is 16.5. The predicted molar refractivity (Wildman–Crippen MR) is 89.3 cm³/mol. The van der Waals surface area contributed by atoms with Gasteiger partial charge >= 0.3 is 6.03 Å². The van der Waals surface area contributed by atoms with Crippen molar-refractivity contribution in [3.05, 3.63) is 30.3 Å². The summed E-state index contributed by atoms with van der Waals surface area (Å²) >= 11 is 0. The van der Waals surface area contributed by atoms with E-state index in [1.54, 1.807) is 0 Å². The number of likely N-dealkylation sites (N-methyl/N-ethyl adjacent to an activating group) is 1. The van der Waals surface area contributed by atoms with Gasteiger partial charge in [0.1, 0.15) is 0 Å². The Morgan fingerprint density at radius 1 is 1.32 bits per heavy atom. The summed E-state index contributed by atoms with van der Waals surface area (Å²) in [6.45, 7) is 5.09. The summed E-state index contributed by atoms with van der Waals surface area (Å²) in [5.41, 5.74) is 1.15. The van der Waals surface area contributed by atoms with Crippen molar-refractivity contribution in [2.75, 3.05) is 38.3 Å². The van der Waals surface area contributed by atoms with Gasteiger partial charge in [0.2, 0.25) is 0 Å². The quantitative estimate of drug-likeness (QED) is 0.847. The Bertz CT molecular complexity index is 446. The zero-order valence-corrected chi connectivity index (χ0v) is 13.5. The Balaban J connectivity index is 1.65. The molecule has 2 N–H and O–H groups in total. The fourth-order valence-corrected chi connectivity index (χ4v) is 2.74. The normalized spacial score (nSPS) is 16.8. The molecule has 5 nitrogen and oxygen atoms in total. The van der Waals surface area contributed by atoms with Crippen LogP contribution in [0, 0.1) is 5.92 Å². The summed E-state index contributed by atoms with van der Waals surface area (Å²) in [5.74, 6) is 0.520. The Labute approximate surface area is 133 Å². The first kappa shape index (κ1) is 16.6. The number of nitrogens with one attached hydrogen (secondary N) is 2. The van der Waals surface area contributed by atoms with Crippen molar-refractivity contribution in [3.63, 3.8) is 0 Å². The molecule has 1 aliphatic heterocycles. The molecular weight excluding hydrogens is 278 g/mol. The molecule has 0 bridgehead atoms. The monoisotopic (exact) mass is 305 g/mol. The molecule has 0 saturated carbocycles. The second-order valence-corrected chi connectivity index (χ2v) is 5.90. The standard InChI is InChI=1S/C17H27N3O2/c1-14(15-8-12-22-13-9-15)19-17(21)18-10-11-20(2)16-6-4-3-5-7-16/h3-7,14-15H,8-13H2,1-2H3,(H2,18,19,21)/t14-/m1/s1. The molecule has 2 rings (SSSR count). The van der Waals surface area contributed by atoms with Crippen LogP contribution in [0.15, 0.2) is 30.3 Å². The van der Waals surface area contributed by atoms with Crippen molar-refractivity contribution in [2.24, 2.45) is 5.92 Å². The van der Waals surface area contributed by atoms with Gasteiger partial charge < -0.3 is 20.3 Å². The van der Waals surface area contributed by atoms with Gasteiger partial charge in [0, 0.05) is 45.1 Å². The summed E-state index contributed by atoms with van der Waals surface area (Å²) in [4.78, 5) is 14.1. The summed E-state index contributed by atoms with van der Waals surface area (Å²) in [6.07, 6.45) is 2.05. The first-order valence-corrected chi connectivity index (χ1v) is 8.05. The number of ether oxygens (including phenoxy) is 1. The van der Waals surface area contributed by atoms with Crippen molar-refractivity contribution in [3.8, 4) is 0 Å². The van der Waals surface area contributed by atoms with Gasteiger partial charge in [0.15, 0.2) is 0 Å². The Morgan fingerprint density at radius 3 is 2.68 bits per heavy atom. The van der Waals surface area contributed by atoms with Gasteiger partial charge in [-0.05, 0) is 37.8 Å². The molecule has 0 unspecified atom stereocenters. The van der Waals surface area contributed by atoms with Crippen LogP contribution >= 0.6 is 0 Å². The zero-order chi connectivity index (χ0) is 15.8. The Morgan fingerprint density at radius 2 is 2.00 bits per heavy atom. The van der Waals surface area contributed by atoms with E-state index < -0.39 is 0 Å². The molecule has 1 aromatic carbocycles. The lowest BCUT2D eigenvalue weighted by Crippen LogP contribution is -2.46. The average Bonchev–Trinajstić information content (AvgIpc) is 2.56. The first-order valence-electron chi connectivity index (χ1n) is 8.05. The minimum Gasteiger partial charge on any atom is -0.381 e. The van der Waals surface area contributed by atoms with Gasteiger partial charge in [-0.15, -0.1) is 0 Å². The van der Waals surface area contributed by atoms with Gasteiger partial charge in [0.25, 0.3) is 0 Å². The largest absolute Gasteiger partial charge is 0.381 e. The van der Waals surface area contributed by atoms with Crippen LogP contribution in [-0.4, -0.2) is 45.4 Å². The predicted octanol–water partition coefficient (Wildman–Crippen LogP) is 2.24. The van der Waals surface area contributed by atoms with Crippen LogP contribution < -0.4 is 15.5 Å². The minimum atomic E-state index is -0.0829. The number of hydrogen-bond donors (Lipinski definition) is 2. The highest BCUT2D eigenvalue weighted by Gasteiger charge is 2.21. The maximum atomic E-state index is 11.9. The van der Waals surface area contributed by atoms with Crippen molar-refractivity contribution >= 4 is 11.7 Å². The molecule has 1 atom stereocenters. The number of carbonyl (C=O) groups is 1. The molecule has 2 amide bonds. The molecule has 0 aliphatic carbocycles. The maximum Gasteiger partial charge on any atom is 0.315 e. The molecule has 1 aliphatic rings. The van der Waals surface area contributed by atoms with Crippen LogP contribution in [0.1, 0.15) is 19.8 Å². The molecule has 122 valence electrons. The average molecular weight is 305 g/mol. The van der Waals surface area contributed by atoms with Gasteiger partial charge in [-0.1, -0.05) is 18.2 Å². The van der Waals surface area contributed by atoms with Crippen molar-refractivity contribution in [2.45, 2.75) is 25.8 Å². The van der Waals surface area contributed by atoms with Gasteiger partial charge in [-0.3, -0.25) is 0 Å². The van der Waals surface area contributed by atoms with Crippen LogP contribution in [0.25, 0.3) is 0 Å². The van der Waals surface area contributed by atoms with E-state index in [9.17, 15) is 4.79 Å². The van der Waals surface area contributed by atoms with Crippen LogP contribution in [0.2, 0.25) is 0 Å². The summed E-state index contributed by atoms with van der Waals surface area (Å²) < 4.78 is 5.35. The van der Waals surface area contributed by atoms with Crippen LogP contribution in [0.3, 0.4) is 0 Å². The van der Waals surface area contributed by atoms with E-state index in [2.05, 4.69) is 34.6 Å². The van der Waals surface area contributed by atoms with Crippen LogP contribution in [0.5, 0.6) is 0 Å². The third-order valence-electron chi connectivity index (χ3n) is 4.26. The van der Waals surface area contributed by atoms with E-state index in [1.807, 2.05) is 25.2 Å². The van der Waals surface area contributed by atoms with Crippen LogP contribution in [-0.2, 0) is 4.74 Å². The fourth-order valence-electron chi connectivity index (χ4n) is 2.74. The number of nitrogens with zero attached hydrogens (tertiary/aromatic N) is 1. The number of amides is 2.